The maximum Gasteiger partial charge on any atom is 0.271 e. The Morgan fingerprint density at radius 3 is 2.70 bits per heavy atom. The van der Waals surface area contributed by atoms with Gasteiger partial charge in [-0.1, -0.05) is 42.3 Å². The molecule has 1 N–H and O–H groups in total. The van der Waals surface area contributed by atoms with E-state index >= 15 is 0 Å². The van der Waals surface area contributed by atoms with Crippen molar-refractivity contribution in [3.8, 4) is 12.3 Å². The summed E-state index contributed by atoms with van der Waals surface area (Å²) >= 11 is 0. The van der Waals surface area contributed by atoms with Crippen LogP contribution in [0.1, 0.15) is 15.9 Å². The van der Waals surface area contributed by atoms with Crippen LogP contribution in [0, 0.1) is 12.3 Å². The first-order valence-corrected chi connectivity index (χ1v) is 7.19. The molecule has 0 spiro atoms. The van der Waals surface area contributed by atoms with Crippen molar-refractivity contribution in [2.24, 2.45) is 5.10 Å². The fourth-order valence-corrected chi connectivity index (χ4v) is 2.42. The van der Waals surface area contributed by atoms with Crippen molar-refractivity contribution in [3.05, 3.63) is 71.9 Å². The molecular formula is C19H15N3O. The van der Waals surface area contributed by atoms with Crippen LogP contribution in [0.25, 0.3) is 10.9 Å². The summed E-state index contributed by atoms with van der Waals surface area (Å²) in [5, 5.41) is 5.09. The summed E-state index contributed by atoms with van der Waals surface area (Å²) in [7, 11) is 0. The second-order valence-electron chi connectivity index (χ2n) is 5.00. The van der Waals surface area contributed by atoms with Gasteiger partial charge in [0, 0.05) is 28.2 Å². The Labute approximate surface area is 134 Å². The van der Waals surface area contributed by atoms with Crippen molar-refractivity contribution in [1.82, 2.24) is 9.99 Å². The fourth-order valence-electron chi connectivity index (χ4n) is 2.42. The minimum absolute atomic E-state index is 0.241. The summed E-state index contributed by atoms with van der Waals surface area (Å²) in [6.45, 7) is 0.491. The molecule has 0 aliphatic heterocycles. The van der Waals surface area contributed by atoms with Gasteiger partial charge in [0.05, 0.1) is 12.8 Å². The van der Waals surface area contributed by atoms with Crippen LogP contribution in [-0.4, -0.2) is 16.7 Å². The van der Waals surface area contributed by atoms with Gasteiger partial charge in [-0.05, 0) is 18.2 Å². The number of nitrogens with one attached hydrogen (secondary N) is 1. The molecule has 3 aromatic rings. The van der Waals surface area contributed by atoms with Gasteiger partial charge in [-0.25, -0.2) is 5.43 Å². The molecule has 112 valence electrons. The Morgan fingerprint density at radius 2 is 1.91 bits per heavy atom. The van der Waals surface area contributed by atoms with E-state index in [1.54, 1.807) is 18.3 Å². The topological polar surface area (TPSA) is 46.4 Å². The predicted molar refractivity (Wildman–Crippen MR) is 92.3 cm³/mol. The molecule has 0 aliphatic carbocycles. The Hall–Kier alpha value is -3.32. The zero-order chi connectivity index (χ0) is 16.1. The van der Waals surface area contributed by atoms with Gasteiger partial charge in [0.25, 0.3) is 5.91 Å². The molecule has 1 amide bonds. The Morgan fingerprint density at radius 1 is 1.17 bits per heavy atom. The molecule has 3 rings (SSSR count). The van der Waals surface area contributed by atoms with E-state index in [1.165, 1.54) is 0 Å². The van der Waals surface area contributed by atoms with Crippen molar-refractivity contribution in [1.29, 1.82) is 0 Å². The average Bonchev–Trinajstić information content (AvgIpc) is 2.94. The van der Waals surface area contributed by atoms with Crippen LogP contribution in [-0.2, 0) is 6.54 Å². The van der Waals surface area contributed by atoms with Crippen molar-refractivity contribution in [2.45, 2.75) is 6.54 Å². The third-order valence-electron chi connectivity index (χ3n) is 3.49. The molecule has 4 heteroatoms. The van der Waals surface area contributed by atoms with Crippen molar-refractivity contribution < 1.29 is 4.79 Å². The summed E-state index contributed by atoms with van der Waals surface area (Å²) in [6, 6.07) is 16.9. The average molecular weight is 301 g/mol. The highest BCUT2D eigenvalue weighted by molar-refractivity contribution is 6.00. The Balaban J connectivity index is 1.82. The third-order valence-corrected chi connectivity index (χ3v) is 3.49. The van der Waals surface area contributed by atoms with Crippen LogP contribution in [0.5, 0.6) is 0 Å². The van der Waals surface area contributed by atoms with Gasteiger partial charge in [-0.2, -0.15) is 5.10 Å². The standard InChI is InChI=1S/C19H15N3O/c1-2-12-22-14-16(17-10-6-7-11-18(17)22)13-20-21-19(23)15-8-4-3-5-9-15/h1,3-11,13-14H,12H2,(H,21,23)/b20-13-. The molecule has 0 radical (unpaired) electrons. The van der Waals surface area contributed by atoms with Crippen LogP contribution in [0.3, 0.4) is 0 Å². The van der Waals surface area contributed by atoms with Gasteiger partial charge in [0.15, 0.2) is 0 Å². The molecule has 0 aliphatic rings. The zero-order valence-corrected chi connectivity index (χ0v) is 12.4. The fraction of sp³-hybridized carbons (Fsp3) is 0.0526. The first kappa shape index (κ1) is 14.6. The third kappa shape index (κ3) is 3.14. The molecule has 1 heterocycles. The lowest BCUT2D eigenvalue weighted by Gasteiger charge is -1.98. The molecule has 1 aromatic heterocycles. The van der Waals surface area contributed by atoms with Gasteiger partial charge in [0.2, 0.25) is 0 Å². The normalized spacial score (nSPS) is 10.7. The second-order valence-corrected chi connectivity index (χ2v) is 5.00. The van der Waals surface area contributed by atoms with Crippen molar-refractivity contribution >= 4 is 23.0 Å². The predicted octanol–water partition coefficient (Wildman–Crippen LogP) is 3.04. The highest BCUT2D eigenvalue weighted by Crippen LogP contribution is 2.19. The first-order valence-electron chi connectivity index (χ1n) is 7.19. The van der Waals surface area contributed by atoms with E-state index in [1.807, 2.05) is 53.2 Å². The van der Waals surface area contributed by atoms with E-state index in [-0.39, 0.29) is 5.91 Å². The number of hydrogen-bond acceptors (Lipinski definition) is 2. The van der Waals surface area contributed by atoms with Gasteiger partial charge in [-0.15, -0.1) is 6.42 Å². The van der Waals surface area contributed by atoms with E-state index in [0.29, 0.717) is 12.1 Å². The lowest BCUT2D eigenvalue weighted by molar-refractivity contribution is 0.0955. The largest absolute Gasteiger partial charge is 0.335 e. The van der Waals surface area contributed by atoms with Crippen LogP contribution in [0.2, 0.25) is 0 Å². The molecule has 0 bridgehead atoms. The molecule has 4 nitrogen and oxygen atoms in total. The number of carbonyl (C=O) groups excluding carboxylic acids is 1. The number of hydrazone groups is 1. The molecule has 0 saturated heterocycles. The number of terminal acetylenes is 1. The Bertz CT molecular complexity index is 901. The number of amides is 1. The zero-order valence-electron chi connectivity index (χ0n) is 12.4. The number of aromatic nitrogens is 1. The van der Waals surface area contributed by atoms with Crippen molar-refractivity contribution in [3.63, 3.8) is 0 Å². The smallest absolute Gasteiger partial charge is 0.271 e. The molecule has 23 heavy (non-hydrogen) atoms. The number of carbonyl (C=O) groups is 1. The highest BCUT2D eigenvalue weighted by Gasteiger charge is 2.06. The molecule has 2 aromatic carbocycles. The van der Waals surface area contributed by atoms with E-state index < -0.39 is 0 Å². The molecule has 0 saturated carbocycles. The van der Waals surface area contributed by atoms with Gasteiger partial charge in [0.1, 0.15) is 0 Å². The van der Waals surface area contributed by atoms with Crippen molar-refractivity contribution in [2.75, 3.05) is 0 Å². The maximum absolute atomic E-state index is 11.9. The summed E-state index contributed by atoms with van der Waals surface area (Å²) in [5.41, 5.74) is 5.05. The summed E-state index contributed by atoms with van der Waals surface area (Å²) in [4.78, 5) is 11.9. The monoisotopic (exact) mass is 301 g/mol. The molecule has 0 unspecified atom stereocenters. The lowest BCUT2D eigenvalue weighted by atomic mass is 10.2. The molecular weight excluding hydrogens is 286 g/mol. The number of nitrogens with zero attached hydrogens (tertiary/aromatic N) is 2. The van der Waals surface area contributed by atoms with Gasteiger partial charge < -0.3 is 4.57 Å². The van der Waals surface area contributed by atoms with Crippen LogP contribution in [0.4, 0.5) is 0 Å². The quantitative estimate of drug-likeness (QED) is 0.449. The number of rotatable bonds is 4. The lowest BCUT2D eigenvalue weighted by Crippen LogP contribution is -2.17. The van der Waals surface area contributed by atoms with E-state index in [0.717, 1.165) is 16.5 Å². The summed E-state index contributed by atoms with van der Waals surface area (Å²) in [6.07, 6.45) is 8.97. The number of para-hydroxylation sites is 1. The summed E-state index contributed by atoms with van der Waals surface area (Å²) < 4.78 is 1.98. The highest BCUT2D eigenvalue weighted by atomic mass is 16.2. The van der Waals surface area contributed by atoms with E-state index in [9.17, 15) is 4.79 Å². The maximum atomic E-state index is 11.9. The van der Waals surface area contributed by atoms with E-state index in [4.69, 9.17) is 6.42 Å². The Kier molecular flexibility index (Phi) is 4.21. The number of benzene rings is 2. The van der Waals surface area contributed by atoms with Crippen LogP contribution < -0.4 is 5.43 Å². The van der Waals surface area contributed by atoms with Crippen LogP contribution >= 0.6 is 0 Å². The summed E-state index contributed by atoms with van der Waals surface area (Å²) in [5.74, 6) is 2.39. The minimum atomic E-state index is -0.241. The molecule has 0 atom stereocenters. The molecule has 0 fully saturated rings. The first-order chi connectivity index (χ1) is 11.3. The van der Waals surface area contributed by atoms with Gasteiger partial charge in [-0.3, -0.25) is 4.79 Å². The number of fused-ring (bicyclic) bond motifs is 1. The van der Waals surface area contributed by atoms with Gasteiger partial charge >= 0.3 is 0 Å². The minimum Gasteiger partial charge on any atom is -0.335 e. The number of hydrogen-bond donors (Lipinski definition) is 1. The SMILES string of the molecule is C#CCn1cc(/C=N\NC(=O)c2ccccc2)c2ccccc21. The second kappa shape index (κ2) is 6.63. The van der Waals surface area contributed by atoms with E-state index in [2.05, 4.69) is 16.4 Å². The van der Waals surface area contributed by atoms with Crippen LogP contribution in [0.15, 0.2) is 65.9 Å².